The van der Waals surface area contributed by atoms with E-state index in [2.05, 4.69) is 9.71 Å². The second kappa shape index (κ2) is 5.28. The Hall–Kier alpha value is -1.44. The second-order valence-corrected chi connectivity index (χ2v) is 6.86. The number of aromatic nitrogens is 1. The Balaban J connectivity index is 2.21. The van der Waals surface area contributed by atoms with Crippen LogP contribution in [0.2, 0.25) is 0 Å². The number of nitrogens with two attached hydrogens (primary N) is 1. The molecule has 0 spiro atoms. The first-order valence-electron chi connectivity index (χ1n) is 5.66. The Morgan fingerprint density at radius 3 is 2.74 bits per heavy atom. The fourth-order valence-electron chi connectivity index (χ4n) is 1.64. The molecule has 1 aromatic heterocycles. The van der Waals surface area contributed by atoms with Crippen LogP contribution in [-0.2, 0) is 16.6 Å². The molecule has 1 aromatic carbocycles. The van der Waals surface area contributed by atoms with E-state index >= 15 is 0 Å². The zero-order chi connectivity index (χ0) is 14.0. The Labute approximate surface area is 116 Å². The number of aryl methyl sites for hydroxylation is 1. The van der Waals surface area contributed by atoms with Gasteiger partial charge in [0.15, 0.2) is 0 Å². The number of benzene rings is 1. The van der Waals surface area contributed by atoms with Gasteiger partial charge in [0.1, 0.15) is 5.01 Å². The monoisotopic (exact) mass is 297 g/mol. The number of nitrogens with one attached hydrogen (secondary N) is 1. The van der Waals surface area contributed by atoms with Gasteiger partial charge in [-0.2, -0.15) is 0 Å². The largest absolute Gasteiger partial charge is 0.398 e. The molecular weight excluding hydrogens is 282 g/mol. The molecule has 2 rings (SSSR count). The van der Waals surface area contributed by atoms with Gasteiger partial charge in [-0.05, 0) is 31.5 Å². The molecule has 0 fully saturated rings. The summed E-state index contributed by atoms with van der Waals surface area (Å²) in [5.74, 6) is 0. The van der Waals surface area contributed by atoms with Crippen LogP contribution in [0, 0.1) is 13.8 Å². The van der Waals surface area contributed by atoms with E-state index in [-0.39, 0.29) is 11.4 Å². The third-order valence-electron chi connectivity index (χ3n) is 2.70. The van der Waals surface area contributed by atoms with Gasteiger partial charge in [0.25, 0.3) is 0 Å². The number of thiazole rings is 1. The van der Waals surface area contributed by atoms with Crippen LogP contribution in [0.5, 0.6) is 0 Å². The first-order chi connectivity index (χ1) is 8.90. The topological polar surface area (TPSA) is 85.1 Å². The Morgan fingerprint density at radius 1 is 1.37 bits per heavy atom. The van der Waals surface area contributed by atoms with Crippen LogP contribution < -0.4 is 10.5 Å². The minimum Gasteiger partial charge on any atom is -0.398 e. The van der Waals surface area contributed by atoms with Crippen molar-refractivity contribution in [3.63, 3.8) is 0 Å². The molecule has 0 radical (unpaired) electrons. The smallest absolute Gasteiger partial charge is 0.241 e. The van der Waals surface area contributed by atoms with Crippen molar-refractivity contribution in [1.29, 1.82) is 0 Å². The van der Waals surface area contributed by atoms with Crippen molar-refractivity contribution < 1.29 is 8.42 Å². The zero-order valence-electron chi connectivity index (χ0n) is 10.7. The molecule has 102 valence electrons. The minimum absolute atomic E-state index is 0.190. The predicted octanol–water partition coefficient (Wildman–Crippen LogP) is 1.82. The van der Waals surface area contributed by atoms with E-state index in [0.29, 0.717) is 11.3 Å². The van der Waals surface area contributed by atoms with Crippen molar-refractivity contribution in [2.45, 2.75) is 25.3 Å². The SMILES string of the molecule is Cc1csc(CNS(=O)(=O)c2cccc(N)c2C)n1. The molecule has 3 N–H and O–H groups in total. The van der Waals surface area contributed by atoms with Crippen molar-refractivity contribution in [1.82, 2.24) is 9.71 Å². The molecule has 0 bridgehead atoms. The Bertz CT molecular complexity index is 693. The fraction of sp³-hybridized carbons (Fsp3) is 0.250. The van der Waals surface area contributed by atoms with Gasteiger partial charge in [-0.25, -0.2) is 18.1 Å². The minimum atomic E-state index is -3.57. The number of anilines is 1. The molecule has 7 heteroatoms. The average molecular weight is 297 g/mol. The van der Waals surface area contributed by atoms with Crippen molar-refractivity contribution in [3.05, 3.63) is 39.8 Å². The van der Waals surface area contributed by atoms with Crippen LogP contribution in [0.4, 0.5) is 5.69 Å². The molecule has 0 aliphatic rings. The van der Waals surface area contributed by atoms with Crippen molar-refractivity contribution in [2.24, 2.45) is 0 Å². The highest BCUT2D eigenvalue weighted by atomic mass is 32.2. The van der Waals surface area contributed by atoms with Crippen molar-refractivity contribution >= 4 is 27.0 Å². The van der Waals surface area contributed by atoms with Gasteiger partial charge in [0, 0.05) is 16.8 Å². The van der Waals surface area contributed by atoms with E-state index in [1.807, 2.05) is 12.3 Å². The van der Waals surface area contributed by atoms with Gasteiger partial charge in [-0.15, -0.1) is 11.3 Å². The lowest BCUT2D eigenvalue weighted by Gasteiger charge is -2.09. The molecule has 0 amide bonds. The van der Waals surface area contributed by atoms with E-state index in [0.717, 1.165) is 10.7 Å². The maximum Gasteiger partial charge on any atom is 0.241 e. The van der Waals surface area contributed by atoms with Crippen LogP contribution in [0.1, 0.15) is 16.3 Å². The van der Waals surface area contributed by atoms with E-state index in [1.165, 1.54) is 11.3 Å². The summed E-state index contributed by atoms with van der Waals surface area (Å²) < 4.78 is 26.9. The number of nitrogens with zero attached hydrogens (tertiary/aromatic N) is 1. The molecule has 0 aliphatic carbocycles. The van der Waals surface area contributed by atoms with E-state index < -0.39 is 10.0 Å². The lowest BCUT2D eigenvalue weighted by molar-refractivity contribution is 0.580. The Morgan fingerprint density at radius 2 is 2.11 bits per heavy atom. The highest BCUT2D eigenvalue weighted by molar-refractivity contribution is 7.89. The van der Waals surface area contributed by atoms with Gasteiger partial charge in [-0.3, -0.25) is 0 Å². The highest BCUT2D eigenvalue weighted by Gasteiger charge is 2.17. The van der Waals surface area contributed by atoms with Crippen LogP contribution >= 0.6 is 11.3 Å². The van der Waals surface area contributed by atoms with Gasteiger partial charge < -0.3 is 5.73 Å². The molecule has 0 unspecified atom stereocenters. The summed E-state index contributed by atoms with van der Waals surface area (Å²) in [4.78, 5) is 4.42. The van der Waals surface area contributed by atoms with E-state index in [4.69, 9.17) is 5.73 Å². The van der Waals surface area contributed by atoms with Crippen molar-refractivity contribution in [3.8, 4) is 0 Å². The van der Waals surface area contributed by atoms with E-state index in [9.17, 15) is 8.42 Å². The van der Waals surface area contributed by atoms with Gasteiger partial charge in [0.2, 0.25) is 10.0 Å². The normalized spacial score (nSPS) is 11.7. The third-order valence-corrected chi connectivity index (χ3v) is 5.21. The standard InChI is InChI=1S/C12H15N3O2S2/c1-8-7-18-12(15-8)6-14-19(16,17)11-5-3-4-10(13)9(11)2/h3-5,7,14H,6,13H2,1-2H3. The first kappa shape index (κ1) is 14.0. The van der Waals surface area contributed by atoms with Crippen molar-refractivity contribution in [2.75, 3.05) is 5.73 Å². The second-order valence-electron chi connectivity index (χ2n) is 4.18. The first-order valence-corrected chi connectivity index (χ1v) is 8.02. The van der Waals surface area contributed by atoms with Crippen LogP contribution in [-0.4, -0.2) is 13.4 Å². The lowest BCUT2D eigenvalue weighted by atomic mass is 10.2. The number of sulfonamides is 1. The summed E-state index contributed by atoms with van der Waals surface area (Å²) in [6.45, 7) is 3.75. The van der Waals surface area contributed by atoms with Gasteiger partial charge in [0.05, 0.1) is 11.4 Å². The molecule has 1 heterocycles. The van der Waals surface area contributed by atoms with Gasteiger partial charge >= 0.3 is 0 Å². The molecule has 2 aromatic rings. The quantitative estimate of drug-likeness (QED) is 0.843. The summed E-state index contributed by atoms with van der Waals surface area (Å²) >= 11 is 1.43. The summed E-state index contributed by atoms with van der Waals surface area (Å²) in [6.07, 6.45) is 0. The summed E-state index contributed by atoms with van der Waals surface area (Å²) in [5, 5.41) is 2.62. The summed E-state index contributed by atoms with van der Waals surface area (Å²) in [6, 6.07) is 4.85. The summed E-state index contributed by atoms with van der Waals surface area (Å²) in [5.41, 5.74) is 7.64. The zero-order valence-corrected chi connectivity index (χ0v) is 12.3. The molecule has 0 saturated carbocycles. The van der Waals surface area contributed by atoms with E-state index in [1.54, 1.807) is 25.1 Å². The molecular formula is C12H15N3O2S2. The van der Waals surface area contributed by atoms with Crippen LogP contribution in [0.15, 0.2) is 28.5 Å². The molecule has 19 heavy (non-hydrogen) atoms. The lowest BCUT2D eigenvalue weighted by Crippen LogP contribution is -2.24. The highest BCUT2D eigenvalue weighted by Crippen LogP contribution is 2.20. The fourth-order valence-corrected chi connectivity index (χ4v) is 3.70. The summed E-state index contributed by atoms with van der Waals surface area (Å²) in [7, 11) is -3.57. The third kappa shape index (κ3) is 3.12. The molecule has 0 aliphatic heterocycles. The number of nitrogen functional groups attached to an aromatic ring is 1. The Kier molecular flexibility index (Phi) is 3.88. The predicted molar refractivity (Wildman–Crippen MR) is 76.5 cm³/mol. The number of hydrogen-bond acceptors (Lipinski definition) is 5. The molecule has 0 atom stereocenters. The molecule has 0 saturated heterocycles. The van der Waals surface area contributed by atoms with Gasteiger partial charge in [-0.1, -0.05) is 6.07 Å². The maximum absolute atomic E-state index is 12.2. The number of hydrogen-bond donors (Lipinski definition) is 2. The van der Waals surface area contributed by atoms with Crippen LogP contribution in [0.25, 0.3) is 0 Å². The molecule has 5 nitrogen and oxygen atoms in total. The maximum atomic E-state index is 12.2. The number of rotatable bonds is 4. The average Bonchev–Trinajstić information content (AvgIpc) is 2.76. The van der Waals surface area contributed by atoms with Crippen LogP contribution in [0.3, 0.4) is 0 Å².